The van der Waals surface area contributed by atoms with Crippen molar-refractivity contribution in [2.24, 2.45) is 0 Å². The van der Waals surface area contributed by atoms with Crippen molar-refractivity contribution < 1.29 is 9.53 Å². The fraction of sp³-hybridized carbons (Fsp3) is 0.909. The molecule has 0 spiro atoms. The third-order valence-corrected chi connectivity index (χ3v) is 3.17. The zero-order valence-corrected chi connectivity index (χ0v) is 9.71. The van der Waals surface area contributed by atoms with Crippen LogP contribution in [0.15, 0.2) is 0 Å². The summed E-state index contributed by atoms with van der Waals surface area (Å²) in [6, 6.07) is 0.0557. The van der Waals surface area contributed by atoms with Crippen LogP contribution in [0.1, 0.15) is 19.3 Å². The lowest BCUT2D eigenvalue weighted by atomic mass is 10.1. The summed E-state index contributed by atoms with van der Waals surface area (Å²) >= 11 is 0. The number of nitrogens with one attached hydrogen (secondary N) is 2. The highest BCUT2D eigenvalue weighted by Crippen LogP contribution is 2.07. The standard InChI is InChI=1S/C11H21N3O2/c15-11-13-4-1-7-14(11)8-9-16-10-2-5-12-6-3-10/h10,12H,1-9H2,(H,13,15). The van der Waals surface area contributed by atoms with Crippen LogP contribution >= 0.6 is 0 Å². The van der Waals surface area contributed by atoms with Crippen LogP contribution < -0.4 is 10.6 Å². The van der Waals surface area contributed by atoms with E-state index in [1.165, 1.54) is 0 Å². The summed E-state index contributed by atoms with van der Waals surface area (Å²) in [5.41, 5.74) is 0. The Bertz CT molecular complexity index is 229. The van der Waals surface area contributed by atoms with Gasteiger partial charge in [0.25, 0.3) is 0 Å². The minimum atomic E-state index is 0.0557. The maximum atomic E-state index is 11.4. The van der Waals surface area contributed by atoms with Gasteiger partial charge in [0.15, 0.2) is 0 Å². The molecule has 2 fully saturated rings. The number of carbonyl (C=O) groups is 1. The minimum absolute atomic E-state index is 0.0557. The number of hydrogen-bond acceptors (Lipinski definition) is 3. The second kappa shape index (κ2) is 6.06. The molecule has 5 heteroatoms. The summed E-state index contributed by atoms with van der Waals surface area (Å²) in [4.78, 5) is 13.3. The monoisotopic (exact) mass is 227 g/mol. The van der Waals surface area contributed by atoms with Crippen molar-refractivity contribution in [3.05, 3.63) is 0 Å². The zero-order chi connectivity index (χ0) is 11.2. The van der Waals surface area contributed by atoms with Crippen LogP contribution in [0, 0.1) is 0 Å². The van der Waals surface area contributed by atoms with Crippen molar-refractivity contribution >= 4 is 6.03 Å². The van der Waals surface area contributed by atoms with Gasteiger partial charge in [-0.3, -0.25) is 0 Å². The highest BCUT2D eigenvalue weighted by molar-refractivity contribution is 5.74. The van der Waals surface area contributed by atoms with Gasteiger partial charge >= 0.3 is 6.03 Å². The van der Waals surface area contributed by atoms with Gasteiger partial charge in [-0.2, -0.15) is 0 Å². The fourth-order valence-corrected chi connectivity index (χ4v) is 2.18. The Morgan fingerprint density at radius 2 is 2.12 bits per heavy atom. The summed E-state index contributed by atoms with van der Waals surface area (Å²) in [5, 5.41) is 6.15. The molecule has 0 aromatic heterocycles. The van der Waals surface area contributed by atoms with E-state index in [1.807, 2.05) is 4.90 Å². The maximum absolute atomic E-state index is 11.4. The van der Waals surface area contributed by atoms with Gasteiger partial charge in [-0.1, -0.05) is 0 Å². The van der Waals surface area contributed by atoms with Gasteiger partial charge in [-0.25, -0.2) is 4.79 Å². The lowest BCUT2D eigenvalue weighted by Crippen LogP contribution is -2.47. The molecule has 0 radical (unpaired) electrons. The predicted octanol–water partition coefficient (Wildman–Crippen LogP) is 0.170. The lowest BCUT2D eigenvalue weighted by molar-refractivity contribution is 0.0233. The second-order valence-corrected chi connectivity index (χ2v) is 4.39. The maximum Gasteiger partial charge on any atom is 0.317 e. The molecule has 2 saturated heterocycles. The summed E-state index contributed by atoms with van der Waals surface area (Å²) in [7, 11) is 0. The minimum Gasteiger partial charge on any atom is -0.376 e. The van der Waals surface area contributed by atoms with E-state index in [9.17, 15) is 4.79 Å². The average molecular weight is 227 g/mol. The molecule has 0 unspecified atom stereocenters. The van der Waals surface area contributed by atoms with E-state index in [-0.39, 0.29) is 6.03 Å². The van der Waals surface area contributed by atoms with Gasteiger partial charge in [0.05, 0.1) is 12.7 Å². The van der Waals surface area contributed by atoms with E-state index in [0.717, 1.165) is 52.0 Å². The van der Waals surface area contributed by atoms with Crippen LogP contribution in [0.2, 0.25) is 0 Å². The summed E-state index contributed by atoms with van der Waals surface area (Å²) < 4.78 is 5.77. The van der Waals surface area contributed by atoms with Crippen molar-refractivity contribution in [1.82, 2.24) is 15.5 Å². The Kier molecular flexibility index (Phi) is 4.42. The van der Waals surface area contributed by atoms with Crippen LogP contribution in [-0.4, -0.2) is 56.4 Å². The fourth-order valence-electron chi connectivity index (χ4n) is 2.18. The largest absolute Gasteiger partial charge is 0.376 e. The van der Waals surface area contributed by atoms with Gasteiger partial charge in [0.1, 0.15) is 0 Å². The normalized spacial score (nSPS) is 23.2. The molecule has 0 bridgehead atoms. The smallest absolute Gasteiger partial charge is 0.317 e. The van der Waals surface area contributed by atoms with Crippen LogP contribution in [0.25, 0.3) is 0 Å². The van der Waals surface area contributed by atoms with Gasteiger partial charge in [-0.15, -0.1) is 0 Å². The Hall–Kier alpha value is -0.810. The Balaban J connectivity index is 1.61. The molecule has 0 saturated carbocycles. The molecule has 0 aromatic carbocycles. The quantitative estimate of drug-likeness (QED) is 0.720. The molecule has 2 aliphatic rings. The number of nitrogens with zero attached hydrogens (tertiary/aromatic N) is 1. The van der Waals surface area contributed by atoms with E-state index >= 15 is 0 Å². The molecule has 0 atom stereocenters. The summed E-state index contributed by atoms with van der Waals surface area (Å²) in [5.74, 6) is 0. The van der Waals surface area contributed by atoms with Crippen LogP contribution in [0.3, 0.4) is 0 Å². The molecule has 0 aromatic rings. The number of ether oxygens (including phenoxy) is 1. The molecule has 5 nitrogen and oxygen atoms in total. The molecule has 2 aliphatic heterocycles. The van der Waals surface area contributed by atoms with Crippen LogP contribution in [0.4, 0.5) is 4.79 Å². The number of amides is 2. The van der Waals surface area contributed by atoms with Gasteiger partial charge in [-0.05, 0) is 32.4 Å². The van der Waals surface area contributed by atoms with Crippen LogP contribution in [-0.2, 0) is 4.74 Å². The molecule has 2 amide bonds. The molecule has 16 heavy (non-hydrogen) atoms. The van der Waals surface area contributed by atoms with E-state index in [0.29, 0.717) is 12.7 Å². The Morgan fingerprint density at radius 1 is 1.31 bits per heavy atom. The van der Waals surface area contributed by atoms with Gasteiger partial charge < -0.3 is 20.3 Å². The molecule has 2 heterocycles. The first kappa shape index (κ1) is 11.7. The zero-order valence-electron chi connectivity index (χ0n) is 9.71. The number of carbonyl (C=O) groups excluding carboxylic acids is 1. The van der Waals surface area contributed by atoms with Crippen molar-refractivity contribution in [3.8, 4) is 0 Å². The summed E-state index contributed by atoms with van der Waals surface area (Å²) in [6.45, 7) is 5.16. The third kappa shape index (κ3) is 3.35. The topological polar surface area (TPSA) is 53.6 Å². The molecule has 2 rings (SSSR count). The van der Waals surface area contributed by atoms with E-state index in [1.54, 1.807) is 0 Å². The van der Waals surface area contributed by atoms with Crippen molar-refractivity contribution in [1.29, 1.82) is 0 Å². The Labute approximate surface area is 96.5 Å². The lowest BCUT2D eigenvalue weighted by Gasteiger charge is -2.29. The van der Waals surface area contributed by atoms with Gasteiger partial charge in [0, 0.05) is 19.6 Å². The average Bonchev–Trinajstić information content (AvgIpc) is 2.33. The third-order valence-electron chi connectivity index (χ3n) is 3.17. The molecule has 0 aliphatic carbocycles. The van der Waals surface area contributed by atoms with Crippen molar-refractivity contribution in [3.63, 3.8) is 0 Å². The number of hydrogen-bond donors (Lipinski definition) is 2. The second-order valence-electron chi connectivity index (χ2n) is 4.39. The predicted molar refractivity (Wildman–Crippen MR) is 61.4 cm³/mol. The van der Waals surface area contributed by atoms with Crippen molar-refractivity contribution in [2.45, 2.75) is 25.4 Å². The first-order chi connectivity index (χ1) is 7.86. The van der Waals surface area contributed by atoms with E-state index in [4.69, 9.17) is 4.74 Å². The molecule has 2 N–H and O–H groups in total. The Morgan fingerprint density at radius 3 is 2.88 bits per heavy atom. The highest BCUT2D eigenvalue weighted by Gasteiger charge is 2.18. The SMILES string of the molecule is O=C1NCCCN1CCOC1CCNCC1. The molecular formula is C11H21N3O2. The number of piperidine rings is 1. The number of urea groups is 1. The van der Waals surface area contributed by atoms with Gasteiger partial charge in [0.2, 0.25) is 0 Å². The summed E-state index contributed by atoms with van der Waals surface area (Å²) in [6.07, 6.45) is 3.60. The first-order valence-electron chi connectivity index (χ1n) is 6.21. The highest BCUT2D eigenvalue weighted by atomic mass is 16.5. The van der Waals surface area contributed by atoms with E-state index in [2.05, 4.69) is 10.6 Å². The molecule has 92 valence electrons. The number of rotatable bonds is 4. The van der Waals surface area contributed by atoms with Crippen molar-refractivity contribution in [2.75, 3.05) is 39.3 Å². The molecular weight excluding hydrogens is 206 g/mol. The van der Waals surface area contributed by atoms with Crippen LogP contribution in [0.5, 0.6) is 0 Å². The first-order valence-corrected chi connectivity index (χ1v) is 6.21. The van der Waals surface area contributed by atoms with E-state index < -0.39 is 0 Å².